The second kappa shape index (κ2) is 35.7. The van der Waals surface area contributed by atoms with E-state index < -0.39 is 169 Å². The van der Waals surface area contributed by atoms with Gasteiger partial charge in [0.05, 0.1) is 19.0 Å². The maximum absolute atomic E-state index is 14.8. The zero-order valence-electron chi connectivity index (χ0n) is 53.4. The van der Waals surface area contributed by atoms with Crippen LogP contribution in [0.2, 0.25) is 0 Å². The Morgan fingerprint density at radius 1 is 0.589 bits per heavy atom. The van der Waals surface area contributed by atoms with Crippen LogP contribution in [-0.4, -0.2) is 197 Å². The Bertz CT molecular complexity index is 3560. The largest absolute Gasteiger partial charge is 0.481 e. The number of H-pyrrole nitrogens is 3. The van der Waals surface area contributed by atoms with Crippen molar-refractivity contribution in [3.63, 3.8) is 0 Å². The van der Waals surface area contributed by atoms with E-state index in [4.69, 9.17) is 0 Å². The van der Waals surface area contributed by atoms with Crippen molar-refractivity contribution in [2.45, 2.75) is 160 Å². The van der Waals surface area contributed by atoms with Crippen LogP contribution in [0.4, 0.5) is 0 Å². The number of aliphatic hydroxyl groups is 1. The summed E-state index contributed by atoms with van der Waals surface area (Å²) in [4.78, 5) is 192. The van der Waals surface area contributed by atoms with Crippen LogP contribution in [0.3, 0.4) is 0 Å². The zero-order valence-corrected chi connectivity index (χ0v) is 55.1. The molecule has 0 aliphatic carbocycles. The summed E-state index contributed by atoms with van der Waals surface area (Å²) < 4.78 is 0. The van der Waals surface area contributed by atoms with E-state index in [1.165, 1.54) is 26.4 Å². The molecule has 3 aromatic heterocycles. The SMILES string of the molecule is CC(C)C[C@@H]1NC(=O)[C@H](CCC(=O)O)NC(=O)CNC(=O)C(C)NC(=O)[C@H](Cc2cnc[nH]2)NC(=O)[C@H](Cc2c[nH]c3ccccc23)NC(=O)[C@H](C)NC(=O)CCSSC[C@@H](C(=O)N[C@H](C(=O)O)[C@@H](C)O)NC(=O)[C@H](Cc2c[nH]c3ccccc23)NC(=O)C(C(C)C)NC1=O. The number of benzene rings is 2. The minimum atomic E-state index is -1.83. The van der Waals surface area contributed by atoms with Gasteiger partial charge < -0.3 is 88.8 Å². The van der Waals surface area contributed by atoms with Gasteiger partial charge in [-0.3, -0.25) is 57.5 Å². The first kappa shape index (κ1) is 74.5. The van der Waals surface area contributed by atoms with Crippen molar-refractivity contribution in [1.29, 1.82) is 0 Å². The predicted molar refractivity (Wildman–Crippen MR) is 350 cm³/mol. The number of amides is 11. The Morgan fingerprint density at radius 3 is 1.69 bits per heavy atom. The van der Waals surface area contributed by atoms with Gasteiger partial charge in [0.1, 0.15) is 54.4 Å². The molecule has 33 heteroatoms. The van der Waals surface area contributed by atoms with E-state index >= 15 is 0 Å². The average molecular weight is 1360 g/mol. The maximum atomic E-state index is 14.8. The molecular weight excluding hydrogens is 1270 g/mol. The highest BCUT2D eigenvalue weighted by Crippen LogP contribution is 2.25. The summed E-state index contributed by atoms with van der Waals surface area (Å²) in [5.41, 5.74) is 2.90. The van der Waals surface area contributed by atoms with Gasteiger partial charge in [0.25, 0.3) is 0 Å². The van der Waals surface area contributed by atoms with E-state index in [0.717, 1.165) is 28.5 Å². The van der Waals surface area contributed by atoms with Gasteiger partial charge in [0.15, 0.2) is 6.04 Å². The maximum Gasteiger partial charge on any atom is 0.328 e. The number of rotatable bonds is 16. The molecule has 1 aliphatic heterocycles. The molecule has 1 fully saturated rings. The number of aromatic amines is 3. The monoisotopic (exact) mass is 1360 g/mol. The second-order valence-corrected chi connectivity index (χ2v) is 26.4. The summed E-state index contributed by atoms with van der Waals surface area (Å²) in [6.45, 7) is 9.66. The Hall–Kier alpha value is -9.50. The lowest BCUT2D eigenvalue weighted by Gasteiger charge is -2.29. The molecule has 95 heavy (non-hydrogen) atoms. The molecule has 31 nitrogen and oxygen atoms in total. The lowest BCUT2D eigenvalue weighted by Crippen LogP contribution is -2.61. The number of aromatic nitrogens is 4. The number of carboxylic acid groups (broad SMARTS) is 2. The molecule has 17 N–H and O–H groups in total. The highest BCUT2D eigenvalue weighted by Gasteiger charge is 2.37. The number of fused-ring (bicyclic) bond motifs is 2. The van der Waals surface area contributed by atoms with Crippen LogP contribution in [-0.2, 0) is 81.6 Å². The number of hydrogen-bond acceptors (Lipinski definition) is 17. The normalized spacial score (nSPS) is 23.6. The van der Waals surface area contributed by atoms with Gasteiger partial charge in [-0.1, -0.05) is 85.7 Å². The number of para-hydroxylation sites is 2. The number of aliphatic hydroxyl groups excluding tert-OH is 1. The fourth-order valence-corrected chi connectivity index (χ4v) is 12.3. The second-order valence-electron chi connectivity index (χ2n) is 23.8. The number of carbonyl (C=O) groups is 13. The lowest BCUT2D eigenvalue weighted by atomic mass is 9.98. The van der Waals surface area contributed by atoms with Crippen LogP contribution in [0.1, 0.15) is 91.0 Å². The third-order valence-electron chi connectivity index (χ3n) is 15.3. The molecule has 0 spiro atoms. The van der Waals surface area contributed by atoms with E-state index in [0.29, 0.717) is 38.6 Å². The zero-order chi connectivity index (χ0) is 69.6. The molecule has 2 unspecified atom stereocenters. The molecule has 6 rings (SSSR count). The molecule has 11 atom stereocenters. The Morgan fingerprint density at radius 2 is 1.13 bits per heavy atom. The summed E-state index contributed by atoms with van der Waals surface area (Å²) in [7, 11) is 2.06. The first-order chi connectivity index (χ1) is 45.1. The van der Waals surface area contributed by atoms with Gasteiger partial charge in [-0.15, -0.1) is 0 Å². The van der Waals surface area contributed by atoms with E-state index in [1.54, 1.807) is 88.6 Å². The third kappa shape index (κ3) is 22.6. The summed E-state index contributed by atoms with van der Waals surface area (Å²) in [6.07, 6.45) is 2.45. The first-order valence-corrected chi connectivity index (χ1v) is 33.3. The number of nitrogens with zero attached hydrogens (tertiary/aromatic N) is 1. The van der Waals surface area contributed by atoms with Crippen LogP contribution < -0.4 is 58.5 Å². The van der Waals surface area contributed by atoms with Gasteiger partial charge in [-0.25, -0.2) is 9.78 Å². The molecule has 4 heterocycles. The van der Waals surface area contributed by atoms with Gasteiger partial charge in [-0.05, 0) is 68.7 Å². The van der Waals surface area contributed by atoms with Crippen LogP contribution in [0.15, 0.2) is 73.4 Å². The molecule has 1 saturated heterocycles. The van der Waals surface area contributed by atoms with E-state index in [2.05, 4.69) is 78.4 Å². The highest BCUT2D eigenvalue weighted by atomic mass is 33.1. The van der Waals surface area contributed by atoms with Crippen LogP contribution in [0, 0.1) is 11.8 Å². The molecule has 5 aromatic rings. The predicted octanol–water partition coefficient (Wildman–Crippen LogP) is -0.778. The molecule has 0 saturated carbocycles. The van der Waals surface area contributed by atoms with E-state index in [-0.39, 0.29) is 49.5 Å². The van der Waals surface area contributed by atoms with Gasteiger partial charge in [0, 0.05) is 89.7 Å². The number of carboxylic acids is 2. The fraction of sp³-hybridized carbons (Fsp3) is 0.484. The number of hydrogen-bond donors (Lipinski definition) is 17. The van der Waals surface area contributed by atoms with Crippen molar-refractivity contribution in [2.24, 2.45) is 11.8 Å². The van der Waals surface area contributed by atoms with Gasteiger partial charge >= 0.3 is 11.9 Å². The average Bonchev–Trinajstić information content (AvgIpc) is 1.80. The van der Waals surface area contributed by atoms with Crippen molar-refractivity contribution in [3.05, 3.63) is 90.3 Å². The van der Waals surface area contributed by atoms with Crippen LogP contribution >= 0.6 is 21.6 Å². The molecule has 514 valence electrons. The number of nitrogens with one attached hydrogen (secondary N) is 14. The van der Waals surface area contributed by atoms with Gasteiger partial charge in [-0.2, -0.15) is 0 Å². The van der Waals surface area contributed by atoms with E-state index in [1.807, 2.05) is 0 Å². The summed E-state index contributed by atoms with van der Waals surface area (Å²) in [5, 5.41) is 59.4. The van der Waals surface area contributed by atoms with Crippen molar-refractivity contribution in [1.82, 2.24) is 78.4 Å². The lowest BCUT2D eigenvalue weighted by molar-refractivity contribution is -0.145. The van der Waals surface area contributed by atoms with Crippen LogP contribution in [0.25, 0.3) is 21.8 Å². The molecular formula is C62H83N15O16S2. The van der Waals surface area contributed by atoms with Crippen molar-refractivity contribution in [2.75, 3.05) is 18.1 Å². The molecule has 2 aromatic carbocycles. The first-order valence-electron chi connectivity index (χ1n) is 30.8. The van der Waals surface area contributed by atoms with Crippen molar-refractivity contribution in [3.8, 4) is 0 Å². The standard InChI is InChI=1S/C62H83N15O16S2/c1-30(2)20-43-59(89)76-51(31(3)4)61(91)74-45(22-36-25-65-41-15-11-9-13-39(36)41)58(88)75-47(60(90)77-52(34(7)78)62(92)93)28-95-94-19-18-48(79)68-33(6)54(84)71-44(21-35-24-64-40-14-10-8-12-38(35)40)57(87)73-46(23-37-26-63-29-67-37)56(86)69-32(5)53(83)66-27-49(80)70-42(55(85)72-43)16-17-50(81)82/h8-15,24-26,29-34,42-47,51-52,64-65,78H,16-23,27-28H2,1-7H3,(H,63,67)(H,66,83)(H,68,79)(H,69,86)(H,70,80)(H,71,84)(H,72,85)(H,73,87)(H,74,91)(H,75,88)(H,76,89)(H,77,90)(H,81,82)(H,92,93)/t32?,33-,34+,42-,43-,44-,45-,46-,47-,51?,52-/m0/s1. The number of imidazole rings is 1. The minimum absolute atomic E-state index is 0.0482. The number of carbonyl (C=O) groups excluding carboxylic acids is 11. The fourth-order valence-electron chi connectivity index (χ4n) is 10.1. The van der Waals surface area contributed by atoms with Crippen molar-refractivity contribution >= 4 is 120 Å². The molecule has 1 aliphatic rings. The third-order valence-corrected chi connectivity index (χ3v) is 17.7. The summed E-state index contributed by atoms with van der Waals surface area (Å²) in [5.74, 6) is -14.0. The highest BCUT2D eigenvalue weighted by molar-refractivity contribution is 8.76. The minimum Gasteiger partial charge on any atom is -0.481 e. The molecule has 0 bridgehead atoms. The number of aliphatic carboxylic acids is 2. The van der Waals surface area contributed by atoms with Gasteiger partial charge in [0.2, 0.25) is 65.0 Å². The molecule has 0 radical (unpaired) electrons. The Labute approximate surface area is 554 Å². The quantitative estimate of drug-likeness (QED) is 0.0539. The van der Waals surface area contributed by atoms with Crippen LogP contribution in [0.5, 0.6) is 0 Å². The topological polar surface area (TPSA) is 475 Å². The molecule has 11 amide bonds. The Kier molecular flexibility index (Phi) is 28.0. The Balaban J connectivity index is 1.33. The van der Waals surface area contributed by atoms with E-state index in [9.17, 15) is 77.6 Å². The summed E-state index contributed by atoms with van der Waals surface area (Å²) in [6, 6.07) is -0.602. The summed E-state index contributed by atoms with van der Waals surface area (Å²) >= 11 is 0. The van der Waals surface area contributed by atoms with Crippen molar-refractivity contribution < 1.29 is 77.6 Å². The smallest absolute Gasteiger partial charge is 0.328 e.